The third-order valence-corrected chi connectivity index (χ3v) is 5.72. The van der Waals surface area contributed by atoms with Crippen molar-refractivity contribution in [1.82, 2.24) is 4.90 Å². The Morgan fingerprint density at radius 3 is 2.57 bits per heavy atom. The second-order valence-electron chi connectivity index (χ2n) is 7.27. The Balaban J connectivity index is 1.78. The molecule has 0 aromatic heterocycles. The minimum atomic E-state index is -0.136. The number of rotatable bonds is 4. The van der Waals surface area contributed by atoms with E-state index in [1.807, 2.05) is 60.3 Å². The molecule has 0 saturated heterocycles. The maximum Gasteiger partial charge on any atom is 0.268 e. The van der Waals surface area contributed by atoms with Crippen molar-refractivity contribution in [1.29, 1.82) is 0 Å². The summed E-state index contributed by atoms with van der Waals surface area (Å²) >= 11 is 6.81. The molecule has 1 atom stereocenters. The highest BCUT2D eigenvalue weighted by atomic mass is 35.5. The van der Waals surface area contributed by atoms with E-state index in [0.29, 0.717) is 17.5 Å². The van der Waals surface area contributed by atoms with E-state index in [9.17, 15) is 4.79 Å². The first-order valence-electron chi connectivity index (χ1n) is 9.19. The molecule has 0 aliphatic carbocycles. The monoisotopic (exact) mass is 398 g/mol. The summed E-state index contributed by atoms with van der Waals surface area (Å²) in [6, 6.07) is 11.9. The Labute approximate surface area is 170 Å². The van der Waals surface area contributed by atoms with Crippen LogP contribution in [-0.4, -0.2) is 44.5 Å². The lowest BCUT2D eigenvalue weighted by atomic mass is 9.99. The number of carbonyl (C=O) groups is 1. The van der Waals surface area contributed by atoms with Crippen molar-refractivity contribution in [3.05, 3.63) is 52.5 Å². The molecule has 4 rings (SSSR count). The van der Waals surface area contributed by atoms with Crippen LogP contribution in [0.1, 0.15) is 24.1 Å². The number of hydrogen-bond acceptors (Lipinski definition) is 5. The van der Waals surface area contributed by atoms with Crippen molar-refractivity contribution >= 4 is 34.8 Å². The number of nitrogens with zero attached hydrogens (tertiary/aromatic N) is 4. The summed E-state index contributed by atoms with van der Waals surface area (Å²) in [5.41, 5.74) is 4.05. The predicted molar refractivity (Wildman–Crippen MR) is 113 cm³/mol. The normalized spacial score (nSPS) is 18.0. The molecule has 2 aliphatic rings. The smallest absolute Gasteiger partial charge is 0.268 e. The standard InChI is InChI=1S/C21H23ClN4O2/c1-13-19-16(9-10-17(20(19)22)24(2)3)26-12-18(27)23-21(26)25(13)11-14-5-7-15(28-4)8-6-14/h5-10,13H,11-12H2,1-4H3. The van der Waals surface area contributed by atoms with E-state index in [1.54, 1.807) is 7.11 Å². The van der Waals surface area contributed by atoms with Gasteiger partial charge in [0.25, 0.3) is 5.91 Å². The molecule has 7 heteroatoms. The number of fused-ring (bicyclic) bond motifs is 3. The number of halogens is 1. The van der Waals surface area contributed by atoms with E-state index in [-0.39, 0.29) is 18.5 Å². The summed E-state index contributed by atoms with van der Waals surface area (Å²) < 4.78 is 5.25. The molecule has 0 saturated carbocycles. The van der Waals surface area contributed by atoms with Crippen LogP contribution < -0.4 is 14.5 Å². The van der Waals surface area contributed by atoms with Gasteiger partial charge in [0.2, 0.25) is 5.96 Å². The van der Waals surface area contributed by atoms with E-state index in [2.05, 4.69) is 16.8 Å². The zero-order valence-corrected chi connectivity index (χ0v) is 17.2. The third-order valence-electron chi connectivity index (χ3n) is 5.32. The Bertz CT molecular complexity index is 956. The van der Waals surface area contributed by atoms with E-state index >= 15 is 0 Å². The highest BCUT2D eigenvalue weighted by Crippen LogP contribution is 2.45. The minimum Gasteiger partial charge on any atom is -0.497 e. The fourth-order valence-corrected chi connectivity index (χ4v) is 4.33. The Morgan fingerprint density at radius 2 is 1.93 bits per heavy atom. The van der Waals surface area contributed by atoms with E-state index in [1.165, 1.54) is 0 Å². The molecule has 146 valence electrons. The summed E-state index contributed by atoms with van der Waals surface area (Å²) in [7, 11) is 5.60. The topological polar surface area (TPSA) is 48.4 Å². The van der Waals surface area contributed by atoms with Gasteiger partial charge >= 0.3 is 0 Å². The SMILES string of the molecule is COc1ccc(CN2C3=NC(=O)CN3c3ccc(N(C)C)c(Cl)c3C2C)cc1. The molecule has 2 aromatic rings. The first-order valence-corrected chi connectivity index (χ1v) is 9.57. The van der Waals surface area contributed by atoms with Crippen LogP contribution in [0.5, 0.6) is 5.75 Å². The zero-order chi connectivity index (χ0) is 20.0. The fourth-order valence-electron chi connectivity index (χ4n) is 3.84. The molecule has 2 aromatic carbocycles. The molecule has 2 aliphatic heterocycles. The maximum atomic E-state index is 12.2. The Morgan fingerprint density at radius 1 is 1.21 bits per heavy atom. The summed E-state index contributed by atoms with van der Waals surface area (Å²) in [4.78, 5) is 22.6. The summed E-state index contributed by atoms with van der Waals surface area (Å²) in [5, 5.41) is 0.716. The van der Waals surface area contributed by atoms with Crippen molar-refractivity contribution in [2.75, 3.05) is 37.5 Å². The second kappa shape index (κ2) is 7.02. The van der Waals surface area contributed by atoms with Gasteiger partial charge in [-0.05, 0) is 36.8 Å². The van der Waals surface area contributed by atoms with Crippen molar-refractivity contribution < 1.29 is 9.53 Å². The minimum absolute atomic E-state index is 0.0228. The zero-order valence-electron chi connectivity index (χ0n) is 16.4. The van der Waals surface area contributed by atoms with Crippen LogP contribution >= 0.6 is 11.6 Å². The molecule has 0 fully saturated rings. The maximum absolute atomic E-state index is 12.2. The number of benzene rings is 2. The highest BCUT2D eigenvalue weighted by Gasteiger charge is 2.40. The molecule has 0 radical (unpaired) electrons. The summed E-state index contributed by atoms with van der Waals surface area (Å²) in [6.07, 6.45) is 0. The van der Waals surface area contributed by atoms with Crippen molar-refractivity contribution in [3.8, 4) is 5.75 Å². The van der Waals surface area contributed by atoms with Crippen molar-refractivity contribution in [2.45, 2.75) is 19.5 Å². The van der Waals surface area contributed by atoms with Crippen LogP contribution in [0.3, 0.4) is 0 Å². The van der Waals surface area contributed by atoms with Gasteiger partial charge in [0, 0.05) is 26.2 Å². The number of aliphatic imine (C=N–C) groups is 1. The molecule has 1 unspecified atom stereocenters. The number of anilines is 2. The van der Waals surface area contributed by atoms with Gasteiger partial charge in [0.1, 0.15) is 12.3 Å². The third kappa shape index (κ3) is 2.98. The molecule has 28 heavy (non-hydrogen) atoms. The van der Waals surface area contributed by atoms with Gasteiger partial charge in [-0.15, -0.1) is 0 Å². The van der Waals surface area contributed by atoms with Crippen LogP contribution in [0, 0.1) is 0 Å². The quantitative estimate of drug-likeness (QED) is 0.786. The number of hydrogen-bond donors (Lipinski definition) is 0. The fraction of sp³-hybridized carbons (Fsp3) is 0.333. The van der Waals surface area contributed by atoms with Crippen molar-refractivity contribution in [3.63, 3.8) is 0 Å². The lowest BCUT2D eigenvalue weighted by molar-refractivity contribution is -0.115. The van der Waals surface area contributed by atoms with Crippen LogP contribution in [0.25, 0.3) is 0 Å². The number of guanidine groups is 1. The number of amides is 1. The van der Waals surface area contributed by atoms with E-state index in [4.69, 9.17) is 16.3 Å². The Hall–Kier alpha value is -2.73. The lowest BCUT2D eigenvalue weighted by Gasteiger charge is -2.42. The van der Waals surface area contributed by atoms with E-state index < -0.39 is 0 Å². The van der Waals surface area contributed by atoms with Crippen LogP contribution in [0.15, 0.2) is 41.4 Å². The number of ether oxygens (including phenoxy) is 1. The molecule has 0 N–H and O–H groups in total. The average molecular weight is 399 g/mol. The molecule has 2 heterocycles. The van der Waals surface area contributed by atoms with Gasteiger partial charge in [-0.1, -0.05) is 23.7 Å². The van der Waals surface area contributed by atoms with Crippen LogP contribution in [0.4, 0.5) is 11.4 Å². The second-order valence-corrected chi connectivity index (χ2v) is 7.65. The largest absolute Gasteiger partial charge is 0.497 e. The van der Waals surface area contributed by atoms with Gasteiger partial charge in [-0.3, -0.25) is 4.79 Å². The highest BCUT2D eigenvalue weighted by molar-refractivity contribution is 6.35. The first-order chi connectivity index (χ1) is 13.4. The van der Waals surface area contributed by atoms with Gasteiger partial charge in [-0.2, -0.15) is 4.99 Å². The molecular formula is C21H23ClN4O2. The van der Waals surface area contributed by atoms with Crippen LogP contribution in [-0.2, 0) is 11.3 Å². The van der Waals surface area contributed by atoms with Gasteiger partial charge < -0.3 is 19.4 Å². The summed E-state index contributed by atoms with van der Waals surface area (Å²) in [5.74, 6) is 1.37. The van der Waals surface area contributed by atoms with Crippen LogP contribution in [0.2, 0.25) is 5.02 Å². The lowest BCUT2D eigenvalue weighted by Crippen LogP contribution is -2.47. The van der Waals surface area contributed by atoms with Gasteiger partial charge in [0.05, 0.1) is 29.5 Å². The van der Waals surface area contributed by atoms with Gasteiger partial charge in [-0.25, -0.2) is 0 Å². The predicted octanol–water partition coefficient (Wildman–Crippen LogP) is 3.69. The van der Waals surface area contributed by atoms with E-state index in [0.717, 1.165) is 28.3 Å². The first kappa shape index (κ1) is 18.6. The summed E-state index contributed by atoms with van der Waals surface area (Å²) in [6.45, 7) is 2.97. The Kier molecular flexibility index (Phi) is 4.67. The van der Waals surface area contributed by atoms with Gasteiger partial charge in [0.15, 0.2) is 0 Å². The molecule has 0 spiro atoms. The number of methoxy groups -OCH3 is 1. The van der Waals surface area contributed by atoms with Crippen molar-refractivity contribution in [2.24, 2.45) is 4.99 Å². The molecule has 1 amide bonds. The number of carbonyl (C=O) groups excluding carboxylic acids is 1. The molecular weight excluding hydrogens is 376 g/mol. The average Bonchev–Trinajstić information content (AvgIpc) is 3.06. The molecule has 0 bridgehead atoms. The molecule has 6 nitrogen and oxygen atoms in total.